The van der Waals surface area contributed by atoms with Gasteiger partial charge < -0.3 is 9.64 Å². The normalized spacial score (nSPS) is 33.0. The maximum absolute atomic E-state index is 12.7. The van der Waals surface area contributed by atoms with Crippen molar-refractivity contribution in [2.45, 2.75) is 58.5 Å². The number of esters is 1. The van der Waals surface area contributed by atoms with Gasteiger partial charge in [0.25, 0.3) is 0 Å². The van der Waals surface area contributed by atoms with Gasteiger partial charge in [0, 0.05) is 37.3 Å². The number of aromatic nitrogens is 1. The number of ether oxygens (including phenoxy) is 1. The van der Waals surface area contributed by atoms with Gasteiger partial charge in [0.05, 0.1) is 5.92 Å². The summed E-state index contributed by atoms with van der Waals surface area (Å²) in [6, 6.07) is 6.04. The number of carbonyl (C=O) groups is 1. The van der Waals surface area contributed by atoms with E-state index in [4.69, 9.17) is 4.74 Å². The lowest BCUT2D eigenvalue weighted by molar-refractivity contribution is -0.145. The second-order valence-corrected chi connectivity index (χ2v) is 9.16. The second-order valence-electron chi connectivity index (χ2n) is 9.16. The molecule has 1 saturated carbocycles. The molecule has 1 aliphatic heterocycles. The van der Waals surface area contributed by atoms with Gasteiger partial charge in [-0.05, 0) is 63.6 Å². The van der Waals surface area contributed by atoms with E-state index in [1.54, 1.807) is 11.1 Å². The van der Waals surface area contributed by atoms with Gasteiger partial charge in [-0.25, -0.2) is 0 Å². The van der Waals surface area contributed by atoms with Crippen LogP contribution in [0.15, 0.2) is 35.5 Å². The van der Waals surface area contributed by atoms with Crippen LogP contribution in [0.5, 0.6) is 0 Å². The molecule has 1 aromatic heterocycles. The van der Waals surface area contributed by atoms with Crippen molar-refractivity contribution in [3.63, 3.8) is 0 Å². The molecule has 2 aliphatic carbocycles. The van der Waals surface area contributed by atoms with Crippen molar-refractivity contribution in [1.29, 1.82) is 0 Å². The Hall–Kier alpha value is -1.68. The molecule has 146 valence electrons. The zero-order valence-corrected chi connectivity index (χ0v) is 16.9. The van der Waals surface area contributed by atoms with Crippen LogP contribution in [0.4, 0.5) is 0 Å². The van der Waals surface area contributed by atoms with Crippen LogP contribution in [0.2, 0.25) is 0 Å². The van der Waals surface area contributed by atoms with Crippen molar-refractivity contribution in [3.05, 3.63) is 41.2 Å². The van der Waals surface area contributed by atoms with Gasteiger partial charge in [0.2, 0.25) is 0 Å². The standard InChI is InChI=1S/C23H32N2O2/c1-16-7-6-10-23(2)14-21-18(13-20(16)23)19(22(26)27-21)15-25(3)12-9-17-8-4-5-11-24-17/h4-5,8,11,18-19,21H,6-7,9-10,12-15H2,1-3H3/t18-,19+,21-,23-/m1/s1. The van der Waals surface area contributed by atoms with Crippen molar-refractivity contribution in [2.75, 3.05) is 20.1 Å². The smallest absolute Gasteiger partial charge is 0.310 e. The number of hydrogen-bond acceptors (Lipinski definition) is 4. The van der Waals surface area contributed by atoms with Crippen molar-refractivity contribution >= 4 is 5.97 Å². The summed E-state index contributed by atoms with van der Waals surface area (Å²) < 4.78 is 5.89. The minimum absolute atomic E-state index is 0.00973. The molecule has 0 bridgehead atoms. The van der Waals surface area contributed by atoms with Crippen molar-refractivity contribution in [1.82, 2.24) is 9.88 Å². The first kappa shape index (κ1) is 18.7. The molecule has 1 saturated heterocycles. The first-order valence-electron chi connectivity index (χ1n) is 10.4. The minimum Gasteiger partial charge on any atom is -0.462 e. The Balaban J connectivity index is 1.42. The van der Waals surface area contributed by atoms with Crippen LogP contribution in [0.25, 0.3) is 0 Å². The Labute approximate surface area is 163 Å². The molecule has 4 nitrogen and oxygen atoms in total. The Morgan fingerprint density at radius 3 is 3.00 bits per heavy atom. The summed E-state index contributed by atoms with van der Waals surface area (Å²) in [5, 5.41) is 0. The van der Waals surface area contributed by atoms with E-state index in [0.29, 0.717) is 5.92 Å². The monoisotopic (exact) mass is 368 g/mol. The number of pyridine rings is 1. The first-order chi connectivity index (χ1) is 13.0. The fraction of sp³-hybridized carbons (Fsp3) is 0.652. The highest BCUT2D eigenvalue weighted by Crippen LogP contribution is 2.55. The summed E-state index contributed by atoms with van der Waals surface area (Å²) in [7, 11) is 2.11. The molecule has 2 fully saturated rings. The number of allylic oxidation sites excluding steroid dienone is 2. The van der Waals surface area contributed by atoms with E-state index in [9.17, 15) is 4.79 Å². The van der Waals surface area contributed by atoms with Crippen LogP contribution >= 0.6 is 0 Å². The molecule has 0 unspecified atom stereocenters. The molecule has 4 atom stereocenters. The topological polar surface area (TPSA) is 42.4 Å². The zero-order chi connectivity index (χ0) is 19.0. The van der Waals surface area contributed by atoms with Crippen molar-refractivity contribution in [3.8, 4) is 0 Å². The Kier molecular flexibility index (Phi) is 5.11. The average molecular weight is 369 g/mol. The quantitative estimate of drug-likeness (QED) is 0.582. The summed E-state index contributed by atoms with van der Waals surface area (Å²) in [4.78, 5) is 19.3. The molecule has 3 aliphatic rings. The molecular formula is C23H32N2O2. The third-order valence-corrected chi connectivity index (χ3v) is 7.16. The third-order valence-electron chi connectivity index (χ3n) is 7.16. The van der Waals surface area contributed by atoms with E-state index >= 15 is 0 Å². The van der Waals surface area contributed by atoms with Gasteiger partial charge in [-0.1, -0.05) is 24.1 Å². The molecule has 0 amide bonds. The summed E-state index contributed by atoms with van der Waals surface area (Å²) in [6.45, 7) is 6.40. The number of rotatable bonds is 5. The third kappa shape index (κ3) is 3.69. The Morgan fingerprint density at radius 1 is 1.37 bits per heavy atom. The number of fused-ring (bicyclic) bond motifs is 2. The number of hydrogen-bond donors (Lipinski definition) is 0. The summed E-state index contributed by atoms with van der Waals surface area (Å²) in [6.07, 6.45) is 8.69. The summed E-state index contributed by atoms with van der Waals surface area (Å²) >= 11 is 0. The molecule has 1 aromatic rings. The number of nitrogens with zero attached hydrogens (tertiary/aromatic N) is 2. The lowest BCUT2D eigenvalue weighted by atomic mass is 9.59. The van der Waals surface area contributed by atoms with Crippen molar-refractivity contribution < 1.29 is 9.53 Å². The van der Waals surface area contributed by atoms with Crippen LogP contribution < -0.4 is 0 Å². The summed E-state index contributed by atoms with van der Waals surface area (Å²) in [5.74, 6) is 0.386. The van der Waals surface area contributed by atoms with E-state index in [1.807, 2.05) is 18.3 Å². The Bertz CT molecular complexity index is 729. The van der Waals surface area contributed by atoms with Crippen LogP contribution in [0, 0.1) is 17.3 Å². The van der Waals surface area contributed by atoms with Crippen LogP contribution in [0.3, 0.4) is 0 Å². The molecular weight excluding hydrogens is 336 g/mol. The van der Waals surface area contributed by atoms with Gasteiger partial charge in [0.1, 0.15) is 6.10 Å². The minimum atomic E-state index is 0.00973. The SMILES string of the molecule is CC1=C2C[C@@H]3[C@H](CN(C)CCc4ccccn4)C(=O)O[C@@H]3C[C@@]2(C)CCC1. The maximum Gasteiger partial charge on any atom is 0.310 e. The molecule has 2 heterocycles. The molecule has 0 radical (unpaired) electrons. The van der Waals surface area contributed by atoms with E-state index in [2.05, 4.69) is 36.8 Å². The first-order valence-corrected chi connectivity index (χ1v) is 10.4. The molecule has 4 rings (SSSR count). The van der Waals surface area contributed by atoms with Crippen molar-refractivity contribution in [2.24, 2.45) is 17.3 Å². The fourth-order valence-corrected chi connectivity index (χ4v) is 5.60. The average Bonchev–Trinajstić information content (AvgIpc) is 2.93. The second kappa shape index (κ2) is 7.38. The largest absolute Gasteiger partial charge is 0.462 e. The van der Waals surface area contributed by atoms with Crippen LogP contribution in [0.1, 0.15) is 51.6 Å². The lowest BCUT2D eigenvalue weighted by Gasteiger charge is -2.45. The van der Waals surface area contributed by atoms with Crippen LogP contribution in [-0.2, 0) is 16.0 Å². The predicted molar refractivity (Wildman–Crippen MR) is 106 cm³/mol. The van der Waals surface area contributed by atoms with E-state index in [1.165, 1.54) is 19.3 Å². The molecule has 27 heavy (non-hydrogen) atoms. The van der Waals surface area contributed by atoms with Gasteiger partial charge >= 0.3 is 5.97 Å². The molecule has 4 heteroatoms. The maximum atomic E-state index is 12.7. The Morgan fingerprint density at radius 2 is 2.22 bits per heavy atom. The summed E-state index contributed by atoms with van der Waals surface area (Å²) in [5.41, 5.74) is 4.56. The van der Waals surface area contributed by atoms with Crippen LogP contribution in [-0.4, -0.2) is 42.1 Å². The van der Waals surface area contributed by atoms with Gasteiger partial charge in [0.15, 0.2) is 0 Å². The zero-order valence-electron chi connectivity index (χ0n) is 16.9. The van der Waals surface area contributed by atoms with Gasteiger partial charge in [-0.3, -0.25) is 9.78 Å². The highest BCUT2D eigenvalue weighted by atomic mass is 16.6. The van der Waals surface area contributed by atoms with Gasteiger partial charge in [-0.2, -0.15) is 0 Å². The number of likely N-dealkylation sites (N-methyl/N-ethyl adjacent to an activating group) is 1. The lowest BCUT2D eigenvalue weighted by Crippen LogP contribution is -2.41. The van der Waals surface area contributed by atoms with E-state index in [-0.39, 0.29) is 23.4 Å². The highest BCUT2D eigenvalue weighted by molar-refractivity contribution is 5.76. The van der Waals surface area contributed by atoms with E-state index in [0.717, 1.165) is 38.0 Å². The number of carbonyl (C=O) groups excluding carboxylic acids is 1. The predicted octanol–water partition coefficient (Wildman–Crippen LogP) is 4.01. The molecule has 0 aromatic carbocycles. The molecule has 0 spiro atoms. The molecule has 0 N–H and O–H groups in total. The fourth-order valence-electron chi connectivity index (χ4n) is 5.60. The van der Waals surface area contributed by atoms with E-state index < -0.39 is 0 Å². The highest BCUT2D eigenvalue weighted by Gasteiger charge is 2.52. The van der Waals surface area contributed by atoms with Gasteiger partial charge in [-0.15, -0.1) is 0 Å².